The SMILES string of the molecule is COc1ccc(Cl)cc1C(=O)NCc1ccc(CN(C)C)cc1. The van der Waals surface area contributed by atoms with Gasteiger partial charge in [-0.3, -0.25) is 4.79 Å². The van der Waals surface area contributed by atoms with Crippen LogP contribution >= 0.6 is 11.6 Å². The van der Waals surface area contributed by atoms with Crippen molar-refractivity contribution in [3.8, 4) is 5.75 Å². The molecular weight excluding hydrogens is 312 g/mol. The number of nitrogens with one attached hydrogen (secondary N) is 1. The zero-order valence-electron chi connectivity index (χ0n) is 13.6. The normalized spacial score (nSPS) is 10.7. The smallest absolute Gasteiger partial charge is 0.255 e. The fourth-order valence-electron chi connectivity index (χ4n) is 2.26. The lowest BCUT2D eigenvalue weighted by atomic mass is 10.1. The molecule has 2 rings (SSSR count). The van der Waals surface area contributed by atoms with E-state index < -0.39 is 0 Å². The summed E-state index contributed by atoms with van der Waals surface area (Å²) in [5, 5.41) is 3.39. The zero-order valence-corrected chi connectivity index (χ0v) is 14.4. The molecule has 0 atom stereocenters. The summed E-state index contributed by atoms with van der Waals surface area (Å²) in [5.74, 6) is 0.301. The van der Waals surface area contributed by atoms with E-state index in [0.717, 1.165) is 12.1 Å². The average molecular weight is 333 g/mol. The molecule has 23 heavy (non-hydrogen) atoms. The summed E-state index contributed by atoms with van der Waals surface area (Å²) < 4.78 is 5.20. The van der Waals surface area contributed by atoms with Crippen LogP contribution in [0.25, 0.3) is 0 Å². The van der Waals surface area contributed by atoms with Gasteiger partial charge >= 0.3 is 0 Å². The van der Waals surface area contributed by atoms with Crippen LogP contribution in [0, 0.1) is 0 Å². The number of carbonyl (C=O) groups excluding carboxylic acids is 1. The Morgan fingerprint density at radius 1 is 1.13 bits per heavy atom. The van der Waals surface area contributed by atoms with Crippen molar-refractivity contribution in [1.29, 1.82) is 0 Å². The number of benzene rings is 2. The molecule has 0 aliphatic heterocycles. The molecule has 0 spiro atoms. The third kappa shape index (κ3) is 4.98. The first-order valence-corrected chi connectivity index (χ1v) is 7.71. The molecule has 0 saturated carbocycles. The summed E-state index contributed by atoms with van der Waals surface area (Å²) in [4.78, 5) is 14.4. The summed E-state index contributed by atoms with van der Waals surface area (Å²) in [5.41, 5.74) is 2.72. The molecule has 122 valence electrons. The van der Waals surface area contributed by atoms with E-state index in [1.54, 1.807) is 18.2 Å². The number of rotatable bonds is 6. The van der Waals surface area contributed by atoms with Gasteiger partial charge in [0, 0.05) is 18.1 Å². The number of methoxy groups -OCH3 is 1. The van der Waals surface area contributed by atoms with Gasteiger partial charge in [0.05, 0.1) is 12.7 Å². The van der Waals surface area contributed by atoms with Crippen molar-refractivity contribution in [2.75, 3.05) is 21.2 Å². The predicted molar refractivity (Wildman–Crippen MR) is 93.0 cm³/mol. The van der Waals surface area contributed by atoms with Gasteiger partial charge in [-0.05, 0) is 43.4 Å². The number of carbonyl (C=O) groups is 1. The molecule has 2 aromatic rings. The van der Waals surface area contributed by atoms with Gasteiger partial charge in [0.15, 0.2) is 0 Å². The molecule has 0 aliphatic rings. The van der Waals surface area contributed by atoms with Crippen molar-refractivity contribution in [2.45, 2.75) is 13.1 Å². The van der Waals surface area contributed by atoms with E-state index in [1.165, 1.54) is 12.7 Å². The third-order valence-corrected chi connectivity index (χ3v) is 3.62. The minimum absolute atomic E-state index is 0.207. The molecule has 0 radical (unpaired) electrons. The van der Waals surface area contributed by atoms with E-state index in [1.807, 2.05) is 26.2 Å². The molecule has 1 amide bonds. The monoisotopic (exact) mass is 332 g/mol. The topological polar surface area (TPSA) is 41.6 Å². The Bertz CT molecular complexity index is 669. The Hall–Kier alpha value is -2.04. The van der Waals surface area contributed by atoms with Gasteiger partial charge in [0.2, 0.25) is 0 Å². The second kappa shape index (κ2) is 7.99. The van der Waals surface area contributed by atoms with E-state index in [2.05, 4.69) is 22.3 Å². The minimum Gasteiger partial charge on any atom is -0.496 e. The Labute approximate surface area is 142 Å². The van der Waals surface area contributed by atoms with Crippen molar-refractivity contribution in [1.82, 2.24) is 10.2 Å². The van der Waals surface area contributed by atoms with Crippen molar-refractivity contribution < 1.29 is 9.53 Å². The third-order valence-electron chi connectivity index (χ3n) is 3.38. The Kier molecular flexibility index (Phi) is 6.02. The summed E-state index contributed by atoms with van der Waals surface area (Å²) in [6.45, 7) is 1.35. The van der Waals surface area contributed by atoms with Gasteiger partial charge in [0.1, 0.15) is 5.75 Å². The summed E-state index contributed by atoms with van der Waals surface area (Å²) >= 11 is 5.95. The van der Waals surface area contributed by atoms with Gasteiger partial charge in [-0.15, -0.1) is 0 Å². The lowest BCUT2D eigenvalue weighted by Gasteiger charge is -2.11. The number of hydrogen-bond donors (Lipinski definition) is 1. The standard InChI is InChI=1S/C18H21ClN2O2/c1-21(2)12-14-6-4-13(5-7-14)11-20-18(22)16-10-15(19)8-9-17(16)23-3/h4-10H,11-12H2,1-3H3,(H,20,22). The van der Waals surface area contributed by atoms with Gasteiger partial charge in [-0.1, -0.05) is 35.9 Å². The zero-order chi connectivity index (χ0) is 16.8. The molecule has 0 fully saturated rings. The molecule has 0 saturated heterocycles. The Morgan fingerprint density at radius 2 is 1.78 bits per heavy atom. The van der Waals surface area contributed by atoms with Crippen LogP contribution in [0.5, 0.6) is 5.75 Å². The van der Waals surface area contributed by atoms with Crippen molar-refractivity contribution in [3.63, 3.8) is 0 Å². The second-order valence-electron chi connectivity index (χ2n) is 5.58. The summed E-state index contributed by atoms with van der Waals surface area (Å²) in [6, 6.07) is 13.2. The lowest BCUT2D eigenvalue weighted by Crippen LogP contribution is -2.23. The fourth-order valence-corrected chi connectivity index (χ4v) is 2.43. The average Bonchev–Trinajstić information content (AvgIpc) is 2.53. The number of hydrogen-bond acceptors (Lipinski definition) is 3. The molecule has 5 heteroatoms. The number of ether oxygens (including phenoxy) is 1. The maximum Gasteiger partial charge on any atom is 0.255 e. The molecular formula is C18H21ClN2O2. The highest BCUT2D eigenvalue weighted by atomic mass is 35.5. The van der Waals surface area contributed by atoms with Crippen LogP contribution in [0.2, 0.25) is 5.02 Å². The quantitative estimate of drug-likeness (QED) is 0.882. The lowest BCUT2D eigenvalue weighted by molar-refractivity contribution is 0.0948. The highest BCUT2D eigenvalue weighted by molar-refractivity contribution is 6.31. The molecule has 1 N–H and O–H groups in total. The van der Waals surface area contributed by atoms with Crippen LogP contribution < -0.4 is 10.1 Å². The highest BCUT2D eigenvalue weighted by Crippen LogP contribution is 2.22. The van der Waals surface area contributed by atoms with Crippen LogP contribution in [0.15, 0.2) is 42.5 Å². The molecule has 0 bridgehead atoms. The Morgan fingerprint density at radius 3 is 2.39 bits per heavy atom. The van der Waals surface area contributed by atoms with E-state index in [4.69, 9.17) is 16.3 Å². The van der Waals surface area contributed by atoms with E-state index in [9.17, 15) is 4.79 Å². The minimum atomic E-state index is -0.207. The van der Waals surface area contributed by atoms with Crippen LogP contribution in [0.4, 0.5) is 0 Å². The van der Waals surface area contributed by atoms with Gasteiger partial charge in [0.25, 0.3) is 5.91 Å². The predicted octanol–water partition coefficient (Wildman–Crippen LogP) is 3.34. The molecule has 0 heterocycles. The highest BCUT2D eigenvalue weighted by Gasteiger charge is 2.12. The number of nitrogens with zero attached hydrogens (tertiary/aromatic N) is 1. The first-order chi connectivity index (χ1) is 11.0. The molecule has 0 aromatic heterocycles. The molecule has 4 nitrogen and oxygen atoms in total. The maximum atomic E-state index is 12.3. The van der Waals surface area contributed by atoms with Gasteiger partial charge < -0.3 is 15.0 Å². The van der Waals surface area contributed by atoms with Crippen LogP contribution in [-0.4, -0.2) is 32.0 Å². The van der Waals surface area contributed by atoms with Crippen molar-refractivity contribution >= 4 is 17.5 Å². The van der Waals surface area contributed by atoms with Crippen LogP contribution in [0.3, 0.4) is 0 Å². The second-order valence-corrected chi connectivity index (χ2v) is 6.02. The largest absolute Gasteiger partial charge is 0.496 e. The Balaban J connectivity index is 2.00. The maximum absolute atomic E-state index is 12.3. The summed E-state index contributed by atoms with van der Waals surface area (Å²) in [6.07, 6.45) is 0. The van der Waals surface area contributed by atoms with Crippen LogP contribution in [-0.2, 0) is 13.1 Å². The van der Waals surface area contributed by atoms with E-state index in [-0.39, 0.29) is 5.91 Å². The number of halogens is 1. The van der Waals surface area contributed by atoms with Gasteiger partial charge in [-0.25, -0.2) is 0 Å². The molecule has 0 aliphatic carbocycles. The fraction of sp³-hybridized carbons (Fsp3) is 0.278. The first kappa shape index (κ1) is 17.3. The van der Waals surface area contributed by atoms with Crippen molar-refractivity contribution in [2.24, 2.45) is 0 Å². The van der Waals surface area contributed by atoms with Crippen molar-refractivity contribution in [3.05, 3.63) is 64.2 Å². The van der Waals surface area contributed by atoms with Crippen LogP contribution in [0.1, 0.15) is 21.5 Å². The molecule has 0 unspecified atom stereocenters. The number of amides is 1. The molecule has 2 aromatic carbocycles. The van der Waals surface area contributed by atoms with E-state index in [0.29, 0.717) is 22.9 Å². The first-order valence-electron chi connectivity index (χ1n) is 7.34. The van der Waals surface area contributed by atoms with E-state index >= 15 is 0 Å². The van der Waals surface area contributed by atoms with Gasteiger partial charge in [-0.2, -0.15) is 0 Å². The summed E-state index contributed by atoms with van der Waals surface area (Å²) in [7, 11) is 5.60.